The number of pyridine rings is 1. The molecule has 1 aliphatic heterocycles. The van der Waals surface area contributed by atoms with Crippen LogP contribution < -0.4 is 10.6 Å². The molecule has 3 aromatic rings. The highest BCUT2D eigenvalue weighted by Gasteiger charge is 2.22. The zero-order chi connectivity index (χ0) is 22.7. The highest BCUT2D eigenvalue weighted by molar-refractivity contribution is 6.06. The number of carbonyl (C=O) groups excluding carboxylic acids is 2. The molecule has 0 atom stereocenters. The Bertz CT molecular complexity index is 1190. The lowest BCUT2D eigenvalue weighted by atomic mass is 10.0. The first kappa shape index (κ1) is 21.6. The monoisotopic (exact) mass is 432 g/mol. The first-order valence-corrected chi connectivity index (χ1v) is 10.6. The fourth-order valence-electron chi connectivity index (χ4n) is 3.89. The van der Waals surface area contributed by atoms with Gasteiger partial charge in [-0.05, 0) is 68.7 Å². The number of amides is 2. The molecule has 2 N–H and O–H groups in total. The van der Waals surface area contributed by atoms with E-state index >= 15 is 0 Å². The maximum Gasteiger partial charge on any atom is 0.273 e. The number of anilines is 1. The molecule has 0 aliphatic carbocycles. The van der Waals surface area contributed by atoms with Crippen LogP contribution in [0.5, 0.6) is 0 Å². The minimum Gasteiger partial charge on any atom is -0.348 e. The Morgan fingerprint density at radius 1 is 1.16 bits per heavy atom. The van der Waals surface area contributed by atoms with Gasteiger partial charge in [0.25, 0.3) is 5.91 Å². The second-order valence-corrected chi connectivity index (χ2v) is 8.01. The molecule has 1 aromatic heterocycles. The number of hydrogen-bond acceptors (Lipinski definition) is 4. The molecule has 1 fully saturated rings. The van der Waals surface area contributed by atoms with Gasteiger partial charge in [0.1, 0.15) is 0 Å². The highest BCUT2D eigenvalue weighted by Crippen LogP contribution is 2.29. The van der Waals surface area contributed by atoms with Gasteiger partial charge in [-0.3, -0.25) is 9.59 Å². The van der Waals surface area contributed by atoms with E-state index in [0.29, 0.717) is 16.9 Å². The largest absolute Gasteiger partial charge is 0.348 e. The van der Waals surface area contributed by atoms with Crippen LogP contribution in [-0.4, -0.2) is 47.9 Å². The molecule has 6 nitrogen and oxygen atoms in total. The van der Waals surface area contributed by atoms with Gasteiger partial charge in [-0.2, -0.15) is 0 Å². The van der Waals surface area contributed by atoms with Crippen LogP contribution in [0.1, 0.15) is 23.3 Å². The predicted octanol–water partition coefficient (Wildman–Crippen LogP) is 3.99. The molecular formula is C25H25FN4O2. The van der Waals surface area contributed by atoms with Crippen molar-refractivity contribution < 1.29 is 14.0 Å². The predicted molar refractivity (Wildman–Crippen MR) is 124 cm³/mol. The van der Waals surface area contributed by atoms with Crippen LogP contribution in [0.15, 0.2) is 61.2 Å². The summed E-state index contributed by atoms with van der Waals surface area (Å²) in [4.78, 5) is 31.1. The first-order chi connectivity index (χ1) is 15.4. The van der Waals surface area contributed by atoms with Crippen molar-refractivity contribution in [3.05, 3.63) is 72.7 Å². The summed E-state index contributed by atoms with van der Waals surface area (Å²) in [5, 5.41) is 7.45. The lowest BCUT2D eigenvalue weighted by molar-refractivity contribution is -0.111. The number of nitrogens with one attached hydrogen (secondary N) is 2. The van der Waals surface area contributed by atoms with E-state index < -0.39 is 11.7 Å². The zero-order valence-corrected chi connectivity index (χ0v) is 17.9. The number of benzene rings is 2. The summed E-state index contributed by atoms with van der Waals surface area (Å²) in [6, 6.07) is 14.0. The van der Waals surface area contributed by atoms with Crippen LogP contribution in [0, 0.1) is 5.82 Å². The third kappa shape index (κ3) is 4.68. The van der Waals surface area contributed by atoms with Crippen LogP contribution in [0.25, 0.3) is 22.0 Å². The Morgan fingerprint density at radius 2 is 1.94 bits per heavy atom. The second-order valence-electron chi connectivity index (χ2n) is 8.01. The van der Waals surface area contributed by atoms with Crippen molar-refractivity contribution in [3.8, 4) is 11.3 Å². The zero-order valence-electron chi connectivity index (χ0n) is 17.9. The molecule has 2 aromatic carbocycles. The minimum absolute atomic E-state index is 0.0141. The van der Waals surface area contributed by atoms with Crippen LogP contribution >= 0.6 is 0 Å². The van der Waals surface area contributed by atoms with Gasteiger partial charge >= 0.3 is 0 Å². The Hall–Kier alpha value is -3.58. The number of carbonyl (C=O) groups is 2. The number of piperidine rings is 1. The summed E-state index contributed by atoms with van der Waals surface area (Å²) >= 11 is 0. The van der Waals surface area contributed by atoms with Crippen LogP contribution in [0.2, 0.25) is 0 Å². The molecule has 4 rings (SSSR count). The molecule has 0 bridgehead atoms. The van der Waals surface area contributed by atoms with E-state index in [9.17, 15) is 14.0 Å². The lowest BCUT2D eigenvalue weighted by Crippen LogP contribution is -2.43. The van der Waals surface area contributed by atoms with E-state index in [4.69, 9.17) is 0 Å². The second kappa shape index (κ2) is 9.28. The van der Waals surface area contributed by atoms with Crippen molar-refractivity contribution in [1.29, 1.82) is 0 Å². The number of aromatic nitrogens is 1. The van der Waals surface area contributed by atoms with Crippen molar-refractivity contribution in [2.75, 3.05) is 25.5 Å². The standard InChI is InChI=1S/C25H25FN4O2/c1-3-23(31)28-22-6-4-5-16-7-8-17(15-19(16)22)21-10-9-20(26)24(29-21)25(32)27-18-11-13-30(2)14-12-18/h3-10,15,18H,1,11-14H2,2H3,(H,27,32)(H,28,31). The maximum absolute atomic E-state index is 14.5. The van der Waals surface area contributed by atoms with Crippen molar-refractivity contribution >= 4 is 28.3 Å². The number of halogens is 1. The van der Waals surface area contributed by atoms with Gasteiger partial charge in [-0.25, -0.2) is 9.37 Å². The fourth-order valence-corrected chi connectivity index (χ4v) is 3.89. The Labute approximate surface area is 186 Å². The molecule has 1 aliphatic rings. The van der Waals surface area contributed by atoms with E-state index in [-0.39, 0.29) is 17.6 Å². The van der Waals surface area contributed by atoms with Gasteiger partial charge in [-0.15, -0.1) is 0 Å². The molecule has 7 heteroatoms. The molecule has 0 saturated carbocycles. The number of nitrogens with zero attached hydrogens (tertiary/aromatic N) is 2. The van der Waals surface area contributed by atoms with Gasteiger partial charge in [0.2, 0.25) is 5.91 Å². The summed E-state index contributed by atoms with van der Waals surface area (Å²) in [7, 11) is 2.04. The molecule has 2 amide bonds. The van der Waals surface area contributed by atoms with Crippen LogP contribution in [0.3, 0.4) is 0 Å². The number of likely N-dealkylation sites (tertiary alicyclic amines) is 1. The smallest absolute Gasteiger partial charge is 0.273 e. The lowest BCUT2D eigenvalue weighted by Gasteiger charge is -2.29. The van der Waals surface area contributed by atoms with Gasteiger partial charge < -0.3 is 15.5 Å². The van der Waals surface area contributed by atoms with E-state index in [1.54, 1.807) is 12.1 Å². The van der Waals surface area contributed by atoms with Crippen molar-refractivity contribution in [2.45, 2.75) is 18.9 Å². The summed E-state index contributed by atoms with van der Waals surface area (Å²) in [5.41, 5.74) is 1.61. The van der Waals surface area contributed by atoms with Gasteiger partial charge in [0.15, 0.2) is 11.5 Å². The Kier molecular flexibility index (Phi) is 6.28. The summed E-state index contributed by atoms with van der Waals surface area (Å²) in [6.07, 6.45) is 2.86. The van der Waals surface area contributed by atoms with E-state index in [1.165, 1.54) is 12.1 Å². The minimum atomic E-state index is -0.654. The summed E-state index contributed by atoms with van der Waals surface area (Å²) in [5.74, 6) is -1.46. The van der Waals surface area contributed by atoms with E-state index in [0.717, 1.165) is 36.7 Å². The summed E-state index contributed by atoms with van der Waals surface area (Å²) in [6.45, 7) is 5.27. The Morgan fingerprint density at radius 3 is 2.69 bits per heavy atom. The quantitative estimate of drug-likeness (QED) is 0.598. The molecule has 164 valence electrons. The normalized spacial score (nSPS) is 14.8. The molecule has 0 radical (unpaired) electrons. The number of rotatable bonds is 5. The SMILES string of the molecule is C=CC(=O)Nc1cccc2ccc(-c3ccc(F)c(C(=O)NC4CCN(C)CC4)n3)cc12. The average Bonchev–Trinajstić information content (AvgIpc) is 2.80. The van der Waals surface area contributed by atoms with Crippen LogP contribution in [0.4, 0.5) is 10.1 Å². The van der Waals surface area contributed by atoms with E-state index in [1.807, 2.05) is 37.4 Å². The molecule has 2 heterocycles. The third-order valence-corrected chi connectivity index (χ3v) is 5.74. The number of fused-ring (bicyclic) bond motifs is 1. The van der Waals surface area contributed by atoms with Crippen molar-refractivity contribution in [2.24, 2.45) is 0 Å². The maximum atomic E-state index is 14.5. The molecular weight excluding hydrogens is 407 g/mol. The molecule has 32 heavy (non-hydrogen) atoms. The van der Waals surface area contributed by atoms with Gasteiger partial charge in [0, 0.05) is 22.7 Å². The highest BCUT2D eigenvalue weighted by atomic mass is 19.1. The van der Waals surface area contributed by atoms with Crippen molar-refractivity contribution in [3.63, 3.8) is 0 Å². The first-order valence-electron chi connectivity index (χ1n) is 10.6. The fraction of sp³-hybridized carbons (Fsp3) is 0.240. The summed E-state index contributed by atoms with van der Waals surface area (Å²) < 4.78 is 14.5. The molecule has 1 saturated heterocycles. The van der Waals surface area contributed by atoms with Crippen LogP contribution in [-0.2, 0) is 4.79 Å². The van der Waals surface area contributed by atoms with Gasteiger partial charge in [0.05, 0.1) is 5.69 Å². The van der Waals surface area contributed by atoms with E-state index in [2.05, 4.69) is 27.1 Å². The topological polar surface area (TPSA) is 74.3 Å². The van der Waals surface area contributed by atoms with Crippen molar-refractivity contribution in [1.82, 2.24) is 15.2 Å². The average molecular weight is 432 g/mol. The number of hydrogen-bond donors (Lipinski definition) is 2. The molecule has 0 spiro atoms. The van der Waals surface area contributed by atoms with Gasteiger partial charge in [-0.1, -0.05) is 30.8 Å². The third-order valence-electron chi connectivity index (χ3n) is 5.74. The molecule has 0 unspecified atom stereocenters. The Balaban J connectivity index is 1.63.